The second-order valence-electron chi connectivity index (χ2n) is 9.86. The highest BCUT2D eigenvalue weighted by atomic mass is 16.5. The van der Waals surface area contributed by atoms with Crippen LogP contribution in [0, 0.1) is 16.7 Å². The smallest absolute Gasteiger partial charge is 0.120 e. The highest BCUT2D eigenvalue weighted by molar-refractivity contribution is 5.53. The summed E-state index contributed by atoms with van der Waals surface area (Å²) in [5.41, 5.74) is 3.52. The molecule has 0 radical (unpaired) electrons. The van der Waals surface area contributed by atoms with Gasteiger partial charge in [0.1, 0.15) is 6.29 Å². The summed E-state index contributed by atoms with van der Waals surface area (Å²) >= 11 is 0. The van der Waals surface area contributed by atoms with Crippen LogP contribution in [0.3, 0.4) is 0 Å². The van der Waals surface area contributed by atoms with Crippen LogP contribution in [0.1, 0.15) is 57.1 Å². The molecule has 3 nitrogen and oxygen atoms in total. The average molecular weight is 433 g/mol. The molecule has 2 aromatic rings. The molecule has 4 atom stereocenters. The van der Waals surface area contributed by atoms with Gasteiger partial charge in [-0.3, -0.25) is 0 Å². The zero-order valence-electron chi connectivity index (χ0n) is 19.5. The molecular weight excluding hydrogens is 396 g/mol. The minimum Gasteiger partial charge on any atom is -0.376 e. The van der Waals surface area contributed by atoms with Crippen molar-refractivity contribution in [2.45, 2.75) is 65.3 Å². The molecule has 0 aromatic heterocycles. The van der Waals surface area contributed by atoms with Crippen LogP contribution in [0.15, 0.2) is 72.3 Å². The van der Waals surface area contributed by atoms with Crippen LogP contribution in [0.25, 0.3) is 0 Å². The summed E-state index contributed by atoms with van der Waals surface area (Å²) in [5, 5.41) is 0. The normalized spacial score (nSPS) is 29.8. The Labute approximate surface area is 192 Å². The molecule has 0 heterocycles. The van der Waals surface area contributed by atoms with E-state index in [4.69, 9.17) is 9.47 Å². The van der Waals surface area contributed by atoms with Gasteiger partial charge >= 0.3 is 0 Å². The van der Waals surface area contributed by atoms with Crippen LogP contribution in [0.4, 0.5) is 0 Å². The van der Waals surface area contributed by atoms with Gasteiger partial charge in [-0.1, -0.05) is 79.2 Å². The largest absolute Gasteiger partial charge is 0.376 e. The molecule has 0 saturated heterocycles. The van der Waals surface area contributed by atoms with Gasteiger partial charge in [0, 0.05) is 11.8 Å². The van der Waals surface area contributed by atoms with Gasteiger partial charge in [-0.15, -0.1) is 0 Å². The zero-order valence-corrected chi connectivity index (χ0v) is 19.5. The Bertz CT molecular complexity index is 907. The predicted molar refractivity (Wildman–Crippen MR) is 128 cm³/mol. The van der Waals surface area contributed by atoms with Gasteiger partial charge in [0.2, 0.25) is 0 Å². The van der Waals surface area contributed by atoms with Crippen molar-refractivity contribution in [3.63, 3.8) is 0 Å². The van der Waals surface area contributed by atoms with Crippen LogP contribution in [-0.4, -0.2) is 19.0 Å². The van der Waals surface area contributed by atoms with Gasteiger partial charge in [-0.25, -0.2) is 0 Å². The van der Waals surface area contributed by atoms with E-state index in [1.165, 1.54) is 16.7 Å². The molecule has 0 unspecified atom stereocenters. The zero-order chi connectivity index (χ0) is 22.4. The number of rotatable bonds is 9. The lowest BCUT2D eigenvalue weighted by atomic mass is 9.47. The molecule has 0 aliphatic heterocycles. The van der Waals surface area contributed by atoms with Crippen molar-refractivity contribution in [3.8, 4) is 0 Å². The van der Waals surface area contributed by atoms with Gasteiger partial charge in [0.05, 0.1) is 25.9 Å². The molecule has 3 heteroatoms. The molecule has 1 saturated carbocycles. The van der Waals surface area contributed by atoms with E-state index in [0.717, 1.165) is 32.0 Å². The number of hydrogen-bond acceptors (Lipinski definition) is 3. The van der Waals surface area contributed by atoms with Gasteiger partial charge in [-0.05, 0) is 55.1 Å². The van der Waals surface area contributed by atoms with Gasteiger partial charge < -0.3 is 14.3 Å². The van der Waals surface area contributed by atoms with E-state index in [0.29, 0.717) is 32.2 Å². The van der Waals surface area contributed by atoms with E-state index in [1.807, 2.05) is 24.3 Å². The van der Waals surface area contributed by atoms with Crippen LogP contribution in [0.2, 0.25) is 0 Å². The summed E-state index contributed by atoms with van der Waals surface area (Å²) in [5.74, 6) is 0.501. The summed E-state index contributed by atoms with van der Waals surface area (Å²) in [6, 6.07) is 20.7. The van der Waals surface area contributed by atoms with Gasteiger partial charge in [-0.2, -0.15) is 0 Å². The molecule has 4 rings (SSSR count). The van der Waals surface area contributed by atoms with Crippen molar-refractivity contribution >= 4 is 6.29 Å². The lowest BCUT2D eigenvalue weighted by Gasteiger charge is -2.58. The topological polar surface area (TPSA) is 35.5 Å². The number of ether oxygens (including phenoxy) is 2. The first-order valence-corrected chi connectivity index (χ1v) is 12.0. The summed E-state index contributed by atoms with van der Waals surface area (Å²) < 4.78 is 12.6. The number of fused-ring (bicyclic) bond motifs is 1. The third-order valence-electron chi connectivity index (χ3n) is 8.21. The second kappa shape index (κ2) is 10.1. The Morgan fingerprint density at radius 1 is 1.00 bits per heavy atom. The summed E-state index contributed by atoms with van der Waals surface area (Å²) in [6.45, 7) is 6.44. The molecule has 2 aromatic carbocycles. The maximum absolute atomic E-state index is 11.9. The fourth-order valence-corrected chi connectivity index (χ4v) is 6.04. The summed E-state index contributed by atoms with van der Waals surface area (Å²) in [7, 11) is 0. The summed E-state index contributed by atoms with van der Waals surface area (Å²) in [4.78, 5) is 11.9. The van der Waals surface area contributed by atoms with E-state index in [1.54, 1.807) is 0 Å². The fraction of sp³-hybridized carbons (Fsp3) is 0.483. The molecule has 0 spiro atoms. The molecule has 0 bridgehead atoms. The fourth-order valence-electron chi connectivity index (χ4n) is 6.04. The predicted octanol–water partition coefficient (Wildman–Crippen LogP) is 6.52. The highest BCUT2D eigenvalue weighted by Gasteiger charge is 2.56. The minimum atomic E-state index is -0.239. The van der Waals surface area contributed by atoms with E-state index >= 15 is 0 Å². The van der Waals surface area contributed by atoms with E-state index < -0.39 is 0 Å². The maximum atomic E-state index is 11.9. The van der Waals surface area contributed by atoms with Crippen molar-refractivity contribution in [1.29, 1.82) is 0 Å². The first kappa shape index (κ1) is 22.9. The minimum absolute atomic E-state index is 0.0377. The van der Waals surface area contributed by atoms with Crippen LogP contribution in [0.5, 0.6) is 0 Å². The maximum Gasteiger partial charge on any atom is 0.120 e. The number of aldehydes is 1. The highest BCUT2D eigenvalue weighted by Crippen LogP contribution is 2.61. The quantitative estimate of drug-likeness (QED) is 0.334. The van der Waals surface area contributed by atoms with Crippen LogP contribution in [-0.2, 0) is 27.5 Å². The Morgan fingerprint density at radius 2 is 1.66 bits per heavy atom. The third-order valence-corrected chi connectivity index (χ3v) is 8.21. The van der Waals surface area contributed by atoms with Crippen molar-refractivity contribution in [1.82, 2.24) is 0 Å². The van der Waals surface area contributed by atoms with Crippen molar-refractivity contribution in [3.05, 3.63) is 83.4 Å². The number of hydrogen-bond donors (Lipinski definition) is 0. The monoisotopic (exact) mass is 432 g/mol. The third kappa shape index (κ3) is 4.60. The Hall–Kier alpha value is -2.23. The van der Waals surface area contributed by atoms with Gasteiger partial charge in [0.25, 0.3) is 0 Å². The number of allylic oxidation sites excluding steroid dienone is 1. The molecule has 2 aliphatic carbocycles. The first-order valence-electron chi connectivity index (χ1n) is 12.0. The first-order chi connectivity index (χ1) is 15.6. The van der Waals surface area contributed by atoms with Crippen molar-refractivity contribution in [2.24, 2.45) is 16.7 Å². The lowest BCUT2D eigenvalue weighted by Crippen LogP contribution is -2.54. The van der Waals surface area contributed by atoms with Crippen LogP contribution < -0.4 is 0 Å². The lowest BCUT2D eigenvalue weighted by molar-refractivity contribution is -0.130. The van der Waals surface area contributed by atoms with Gasteiger partial charge in [0.15, 0.2) is 0 Å². The molecule has 0 N–H and O–H groups in total. The SMILES string of the molecule is CC1=CC[C@H]2C[C@@H](OCc3ccccc3)CC[C@]2(C)[C@@]1(CC=O)COCc1ccccc1. The second-order valence-corrected chi connectivity index (χ2v) is 9.86. The Kier molecular flexibility index (Phi) is 7.27. The molecule has 1 fully saturated rings. The molecule has 2 aliphatic rings. The van der Waals surface area contributed by atoms with Crippen molar-refractivity contribution < 1.29 is 14.3 Å². The molecule has 0 amide bonds. The summed E-state index contributed by atoms with van der Waals surface area (Å²) in [6.07, 6.45) is 8.47. The number of carbonyl (C=O) groups is 1. The Morgan fingerprint density at radius 3 is 2.31 bits per heavy atom. The Balaban J connectivity index is 1.47. The van der Waals surface area contributed by atoms with Crippen LogP contribution >= 0.6 is 0 Å². The molecule has 32 heavy (non-hydrogen) atoms. The number of carbonyl (C=O) groups excluding carboxylic acids is 1. The van der Waals surface area contributed by atoms with E-state index in [-0.39, 0.29) is 16.9 Å². The number of benzene rings is 2. The molecule has 170 valence electrons. The van der Waals surface area contributed by atoms with E-state index in [2.05, 4.69) is 56.3 Å². The molecular formula is C29H36O3. The van der Waals surface area contributed by atoms with E-state index in [9.17, 15) is 4.79 Å². The van der Waals surface area contributed by atoms with Crippen molar-refractivity contribution in [2.75, 3.05) is 6.61 Å². The average Bonchev–Trinajstić information content (AvgIpc) is 2.82. The standard InChI is InChI=1S/C29H36O3/c1-23-13-14-26-19-27(32-21-25-11-7-4-8-12-25)15-16-28(26,2)29(23,17-18-30)22-31-20-24-9-5-3-6-10-24/h3-13,18,26-27H,14-17,19-22H2,1-2H3/t26-,27-,28-,29-/m0/s1.